The topological polar surface area (TPSA) is 21.3 Å². The number of likely N-dealkylation sites (N-methyl/N-ethyl adjacent to an activating group) is 1. The molecule has 2 nitrogen and oxygen atoms in total. The van der Waals surface area contributed by atoms with Crippen molar-refractivity contribution in [2.75, 3.05) is 13.7 Å². The Morgan fingerprint density at radius 2 is 2.21 bits per heavy atom. The molecule has 0 saturated heterocycles. The number of fused-ring (bicyclic) bond motifs is 1. The van der Waals surface area contributed by atoms with Crippen LogP contribution in [0.2, 0.25) is 0 Å². The molecule has 0 spiro atoms. The maximum absolute atomic E-state index is 5.73. The lowest BCUT2D eigenvalue weighted by Crippen LogP contribution is -2.28. The number of hydrogen-bond donors (Lipinski definition) is 1. The van der Waals surface area contributed by atoms with Gasteiger partial charge in [0.1, 0.15) is 0 Å². The third-order valence-corrected chi connectivity index (χ3v) is 2.87. The van der Waals surface area contributed by atoms with Crippen molar-refractivity contribution in [1.29, 1.82) is 0 Å². The summed E-state index contributed by atoms with van der Waals surface area (Å²) in [5, 5.41) is 3.33. The second-order valence-electron chi connectivity index (χ2n) is 3.66. The minimum Gasteiger partial charge on any atom is -0.376 e. The normalized spacial score (nSPS) is 25.0. The second kappa shape index (κ2) is 4.11. The van der Waals surface area contributed by atoms with Gasteiger partial charge in [0.15, 0.2) is 0 Å². The Labute approximate surface area is 85.3 Å². The molecule has 1 aliphatic carbocycles. The fourth-order valence-corrected chi connectivity index (χ4v) is 2.27. The molecule has 76 valence electrons. The van der Waals surface area contributed by atoms with E-state index in [4.69, 9.17) is 4.74 Å². The van der Waals surface area contributed by atoms with Crippen molar-refractivity contribution >= 4 is 0 Å². The first-order valence-electron chi connectivity index (χ1n) is 5.23. The Balaban J connectivity index is 2.24. The molecule has 1 aromatic carbocycles. The predicted molar refractivity (Wildman–Crippen MR) is 57.4 cm³/mol. The molecule has 0 aromatic heterocycles. The number of hydrogen-bond acceptors (Lipinski definition) is 2. The van der Waals surface area contributed by atoms with E-state index in [0.29, 0.717) is 12.1 Å². The van der Waals surface area contributed by atoms with E-state index in [0.717, 1.165) is 13.0 Å². The van der Waals surface area contributed by atoms with Gasteiger partial charge in [0, 0.05) is 13.0 Å². The SMILES string of the molecule is CCO[C@H]1Cc2ccccc2[C@@H]1NC. The molecule has 2 rings (SSSR count). The maximum Gasteiger partial charge on any atom is 0.0809 e. The van der Waals surface area contributed by atoms with Crippen LogP contribution in [-0.2, 0) is 11.2 Å². The van der Waals surface area contributed by atoms with E-state index < -0.39 is 0 Å². The molecule has 2 heteroatoms. The Morgan fingerprint density at radius 3 is 2.93 bits per heavy atom. The highest BCUT2D eigenvalue weighted by Crippen LogP contribution is 2.32. The Bertz CT molecular complexity index is 311. The largest absolute Gasteiger partial charge is 0.376 e. The highest BCUT2D eigenvalue weighted by molar-refractivity contribution is 5.36. The van der Waals surface area contributed by atoms with Crippen molar-refractivity contribution in [3.05, 3.63) is 35.4 Å². The molecule has 14 heavy (non-hydrogen) atoms. The molecule has 0 heterocycles. The zero-order valence-electron chi connectivity index (χ0n) is 8.79. The summed E-state index contributed by atoms with van der Waals surface area (Å²) < 4.78 is 5.73. The average molecular weight is 191 g/mol. The Kier molecular flexibility index (Phi) is 2.85. The van der Waals surface area contributed by atoms with Gasteiger partial charge in [-0.05, 0) is 25.1 Å². The van der Waals surface area contributed by atoms with Crippen molar-refractivity contribution in [2.45, 2.75) is 25.5 Å². The van der Waals surface area contributed by atoms with Crippen LogP contribution in [0.25, 0.3) is 0 Å². The van der Waals surface area contributed by atoms with Gasteiger partial charge < -0.3 is 10.1 Å². The standard InChI is InChI=1S/C12H17NO/c1-3-14-11-8-9-6-4-5-7-10(9)12(11)13-2/h4-7,11-13H,3,8H2,1-2H3/t11-,12-/m0/s1. The molecular formula is C12H17NO. The van der Waals surface area contributed by atoms with Crippen LogP contribution in [0.15, 0.2) is 24.3 Å². The molecule has 1 N–H and O–H groups in total. The summed E-state index contributed by atoms with van der Waals surface area (Å²) in [4.78, 5) is 0. The van der Waals surface area contributed by atoms with E-state index in [9.17, 15) is 0 Å². The van der Waals surface area contributed by atoms with Crippen molar-refractivity contribution < 1.29 is 4.74 Å². The van der Waals surface area contributed by atoms with Crippen LogP contribution in [-0.4, -0.2) is 19.8 Å². The molecular weight excluding hydrogens is 174 g/mol. The van der Waals surface area contributed by atoms with Crippen molar-refractivity contribution in [3.63, 3.8) is 0 Å². The summed E-state index contributed by atoms with van der Waals surface area (Å²) in [6.45, 7) is 2.84. The zero-order chi connectivity index (χ0) is 9.97. The highest BCUT2D eigenvalue weighted by Gasteiger charge is 2.31. The first-order valence-corrected chi connectivity index (χ1v) is 5.23. The van der Waals surface area contributed by atoms with Gasteiger partial charge in [-0.2, -0.15) is 0 Å². The highest BCUT2D eigenvalue weighted by atomic mass is 16.5. The van der Waals surface area contributed by atoms with Crippen LogP contribution >= 0.6 is 0 Å². The van der Waals surface area contributed by atoms with Crippen LogP contribution in [0, 0.1) is 0 Å². The van der Waals surface area contributed by atoms with E-state index in [1.165, 1.54) is 11.1 Å². The number of benzene rings is 1. The lowest BCUT2D eigenvalue weighted by atomic mass is 10.1. The summed E-state index contributed by atoms with van der Waals surface area (Å²) in [5.74, 6) is 0. The molecule has 0 aliphatic heterocycles. The molecule has 0 amide bonds. The molecule has 0 saturated carbocycles. The molecule has 1 aliphatic rings. The van der Waals surface area contributed by atoms with E-state index in [1.54, 1.807) is 0 Å². The molecule has 2 atom stereocenters. The first-order chi connectivity index (χ1) is 6.86. The fourth-order valence-electron chi connectivity index (χ4n) is 2.27. The summed E-state index contributed by atoms with van der Waals surface area (Å²) >= 11 is 0. The second-order valence-corrected chi connectivity index (χ2v) is 3.66. The predicted octanol–water partition coefficient (Wildman–Crippen LogP) is 1.91. The third kappa shape index (κ3) is 1.56. The van der Waals surface area contributed by atoms with Crippen LogP contribution < -0.4 is 5.32 Å². The minimum atomic E-state index is 0.308. The van der Waals surface area contributed by atoms with Gasteiger partial charge in [0.05, 0.1) is 12.1 Å². The quantitative estimate of drug-likeness (QED) is 0.788. The van der Waals surface area contributed by atoms with Gasteiger partial charge in [-0.15, -0.1) is 0 Å². The Morgan fingerprint density at radius 1 is 1.43 bits per heavy atom. The first kappa shape index (κ1) is 9.69. The van der Waals surface area contributed by atoms with Crippen LogP contribution in [0.3, 0.4) is 0 Å². The van der Waals surface area contributed by atoms with Crippen LogP contribution in [0.5, 0.6) is 0 Å². The van der Waals surface area contributed by atoms with E-state index in [-0.39, 0.29) is 0 Å². The van der Waals surface area contributed by atoms with Gasteiger partial charge in [-0.25, -0.2) is 0 Å². The third-order valence-electron chi connectivity index (χ3n) is 2.87. The van der Waals surface area contributed by atoms with Crippen molar-refractivity contribution in [3.8, 4) is 0 Å². The van der Waals surface area contributed by atoms with Gasteiger partial charge in [-0.3, -0.25) is 0 Å². The molecule has 1 aromatic rings. The van der Waals surface area contributed by atoms with Crippen molar-refractivity contribution in [2.24, 2.45) is 0 Å². The summed E-state index contributed by atoms with van der Waals surface area (Å²) in [6.07, 6.45) is 1.34. The number of nitrogens with one attached hydrogen (secondary N) is 1. The Hall–Kier alpha value is -0.860. The number of ether oxygens (including phenoxy) is 1. The summed E-state index contributed by atoms with van der Waals surface area (Å²) in [5.41, 5.74) is 2.82. The van der Waals surface area contributed by atoms with Gasteiger partial charge >= 0.3 is 0 Å². The molecule has 0 fully saturated rings. The van der Waals surface area contributed by atoms with Crippen LogP contribution in [0.1, 0.15) is 24.1 Å². The maximum atomic E-state index is 5.73. The fraction of sp³-hybridized carbons (Fsp3) is 0.500. The van der Waals surface area contributed by atoms with Crippen LogP contribution in [0.4, 0.5) is 0 Å². The average Bonchev–Trinajstić information content (AvgIpc) is 2.55. The number of rotatable bonds is 3. The summed E-state index contributed by atoms with van der Waals surface area (Å²) in [6, 6.07) is 8.94. The summed E-state index contributed by atoms with van der Waals surface area (Å²) in [7, 11) is 2.00. The zero-order valence-corrected chi connectivity index (χ0v) is 8.79. The molecule has 0 unspecified atom stereocenters. The molecule has 0 bridgehead atoms. The van der Waals surface area contributed by atoms with E-state index in [1.807, 2.05) is 7.05 Å². The lowest BCUT2D eigenvalue weighted by molar-refractivity contribution is 0.0454. The van der Waals surface area contributed by atoms with E-state index >= 15 is 0 Å². The van der Waals surface area contributed by atoms with Gasteiger partial charge in [-0.1, -0.05) is 24.3 Å². The van der Waals surface area contributed by atoms with Crippen molar-refractivity contribution in [1.82, 2.24) is 5.32 Å². The minimum absolute atomic E-state index is 0.308. The lowest BCUT2D eigenvalue weighted by Gasteiger charge is -2.19. The van der Waals surface area contributed by atoms with Gasteiger partial charge in [0.2, 0.25) is 0 Å². The molecule has 0 radical (unpaired) electrons. The van der Waals surface area contributed by atoms with E-state index in [2.05, 4.69) is 36.5 Å². The monoisotopic (exact) mass is 191 g/mol. The smallest absolute Gasteiger partial charge is 0.0809 e. The van der Waals surface area contributed by atoms with Gasteiger partial charge in [0.25, 0.3) is 0 Å².